The average molecular weight is 372 g/mol. The number of rotatable bonds is 5. The van der Waals surface area contributed by atoms with Crippen LogP contribution in [-0.2, 0) is 11.3 Å². The number of anilines is 1. The van der Waals surface area contributed by atoms with Crippen molar-refractivity contribution in [3.05, 3.63) is 64.2 Å². The molecule has 0 saturated heterocycles. The molecule has 1 unspecified atom stereocenters. The van der Waals surface area contributed by atoms with Gasteiger partial charge in [-0.1, -0.05) is 23.7 Å². The fraction of sp³-hybridized carbons (Fsp3) is 0.316. The Morgan fingerprint density at radius 1 is 1.15 bits per heavy atom. The molecule has 0 aliphatic rings. The van der Waals surface area contributed by atoms with Gasteiger partial charge < -0.3 is 5.32 Å². The van der Waals surface area contributed by atoms with Crippen molar-refractivity contribution in [2.24, 2.45) is 0 Å². The number of carbonyl (C=O) groups is 1. The molecular formula is C19H22ClN5O. The summed E-state index contributed by atoms with van der Waals surface area (Å²) < 4.78 is 3.55. The molecular weight excluding hydrogens is 350 g/mol. The highest BCUT2D eigenvalue weighted by Crippen LogP contribution is 2.22. The predicted octanol–water partition coefficient (Wildman–Crippen LogP) is 3.91. The highest BCUT2D eigenvalue weighted by atomic mass is 35.5. The summed E-state index contributed by atoms with van der Waals surface area (Å²) in [7, 11) is 0. The van der Waals surface area contributed by atoms with E-state index in [2.05, 4.69) is 15.5 Å². The van der Waals surface area contributed by atoms with Gasteiger partial charge in [0.2, 0.25) is 5.91 Å². The van der Waals surface area contributed by atoms with Crippen molar-refractivity contribution in [2.45, 2.75) is 40.3 Å². The van der Waals surface area contributed by atoms with E-state index >= 15 is 0 Å². The van der Waals surface area contributed by atoms with E-state index in [0.717, 1.165) is 28.3 Å². The predicted molar refractivity (Wildman–Crippen MR) is 103 cm³/mol. The van der Waals surface area contributed by atoms with Crippen molar-refractivity contribution in [3.8, 4) is 0 Å². The molecule has 0 bridgehead atoms. The van der Waals surface area contributed by atoms with E-state index < -0.39 is 6.04 Å². The maximum absolute atomic E-state index is 12.6. The van der Waals surface area contributed by atoms with Gasteiger partial charge in [-0.15, -0.1) is 0 Å². The molecule has 7 heteroatoms. The van der Waals surface area contributed by atoms with Gasteiger partial charge in [0, 0.05) is 11.2 Å². The standard InChI is InChI=1S/C19H22ClN5O/c1-12-9-10-24(22-12)15(4)19(26)21-18-13(2)23-25(14(18)3)11-16-5-7-17(20)8-6-16/h5-10,15H,11H2,1-4H3,(H,21,26). The molecule has 2 aromatic heterocycles. The fourth-order valence-corrected chi connectivity index (χ4v) is 2.92. The van der Waals surface area contributed by atoms with Crippen molar-refractivity contribution in [1.82, 2.24) is 19.6 Å². The van der Waals surface area contributed by atoms with Crippen molar-refractivity contribution in [3.63, 3.8) is 0 Å². The summed E-state index contributed by atoms with van der Waals surface area (Å²) in [6.45, 7) is 8.19. The minimum Gasteiger partial charge on any atom is -0.321 e. The molecule has 26 heavy (non-hydrogen) atoms. The number of hydrogen-bond acceptors (Lipinski definition) is 3. The zero-order valence-electron chi connectivity index (χ0n) is 15.3. The highest BCUT2D eigenvalue weighted by Gasteiger charge is 2.20. The smallest absolute Gasteiger partial charge is 0.249 e. The van der Waals surface area contributed by atoms with E-state index in [1.54, 1.807) is 4.68 Å². The molecule has 1 N–H and O–H groups in total. The SMILES string of the molecule is Cc1ccn(C(C)C(=O)Nc2c(C)nn(Cc3ccc(Cl)cc3)c2C)n1. The first-order valence-corrected chi connectivity index (χ1v) is 8.84. The second kappa shape index (κ2) is 7.33. The van der Waals surface area contributed by atoms with Crippen LogP contribution in [-0.4, -0.2) is 25.5 Å². The first-order valence-electron chi connectivity index (χ1n) is 8.46. The molecule has 3 aromatic rings. The first kappa shape index (κ1) is 18.2. The Balaban J connectivity index is 1.77. The number of halogens is 1. The zero-order valence-corrected chi connectivity index (χ0v) is 16.1. The van der Waals surface area contributed by atoms with Crippen molar-refractivity contribution < 1.29 is 4.79 Å². The fourth-order valence-electron chi connectivity index (χ4n) is 2.79. The second-order valence-electron chi connectivity index (χ2n) is 6.43. The van der Waals surface area contributed by atoms with Crippen LogP contribution >= 0.6 is 11.6 Å². The lowest BCUT2D eigenvalue weighted by Crippen LogP contribution is -2.24. The largest absolute Gasteiger partial charge is 0.321 e. The Bertz CT molecular complexity index is 926. The van der Waals surface area contributed by atoms with Gasteiger partial charge in [-0.2, -0.15) is 10.2 Å². The van der Waals surface area contributed by atoms with Crippen LogP contribution in [0, 0.1) is 20.8 Å². The minimum absolute atomic E-state index is 0.120. The molecule has 1 amide bonds. The van der Waals surface area contributed by atoms with E-state index in [1.807, 2.05) is 68.9 Å². The first-order chi connectivity index (χ1) is 12.3. The Morgan fingerprint density at radius 3 is 2.46 bits per heavy atom. The van der Waals surface area contributed by atoms with Gasteiger partial charge in [0.1, 0.15) is 6.04 Å². The number of nitrogens with one attached hydrogen (secondary N) is 1. The summed E-state index contributed by atoms with van der Waals surface area (Å²) in [4.78, 5) is 12.6. The quantitative estimate of drug-likeness (QED) is 0.739. The summed E-state index contributed by atoms with van der Waals surface area (Å²) in [5.74, 6) is -0.120. The zero-order chi connectivity index (χ0) is 18.8. The molecule has 0 radical (unpaired) electrons. The summed E-state index contributed by atoms with van der Waals surface area (Å²) >= 11 is 5.94. The Kier molecular flexibility index (Phi) is 5.13. The topological polar surface area (TPSA) is 64.7 Å². The van der Waals surface area contributed by atoms with Crippen LogP contribution in [0.4, 0.5) is 5.69 Å². The molecule has 2 heterocycles. The van der Waals surface area contributed by atoms with Crippen LogP contribution in [0.2, 0.25) is 5.02 Å². The summed E-state index contributed by atoms with van der Waals surface area (Å²) in [5, 5.41) is 12.6. The highest BCUT2D eigenvalue weighted by molar-refractivity contribution is 6.30. The Hall–Kier alpha value is -2.60. The van der Waals surface area contributed by atoms with Crippen molar-refractivity contribution in [1.29, 1.82) is 0 Å². The number of amides is 1. The van der Waals surface area contributed by atoms with Gasteiger partial charge in [-0.25, -0.2) is 0 Å². The third-order valence-corrected chi connectivity index (χ3v) is 4.65. The van der Waals surface area contributed by atoms with E-state index in [0.29, 0.717) is 11.6 Å². The Morgan fingerprint density at radius 2 is 1.85 bits per heavy atom. The van der Waals surface area contributed by atoms with Crippen LogP contribution in [0.3, 0.4) is 0 Å². The normalized spacial score (nSPS) is 12.2. The van der Waals surface area contributed by atoms with Gasteiger partial charge in [-0.3, -0.25) is 14.2 Å². The summed E-state index contributed by atoms with van der Waals surface area (Å²) in [6, 6.07) is 9.14. The molecule has 1 atom stereocenters. The van der Waals surface area contributed by atoms with E-state index in [4.69, 9.17) is 11.6 Å². The van der Waals surface area contributed by atoms with E-state index in [1.165, 1.54) is 0 Å². The van der Waals surface area contributed by atoms with Gasteiger partial charge in [-0.05, 0) is 51.5 Å². The number of aromatic nitrogens is 4. The second-order valence-corrected chi connectivity index (χ2v) is 6.87. The molecule has 0 aliphatic heterocycles. The molecule has 1 aromatic carbocycles. The van der Waals surface area contributed by atoms with Crippen LogP contribution in [0.15, 0.2) is 36.5 Å². The number of nitrogens with zero attached hydrogens (tertiary/aromatic N) is 4. The number of aryl methyl sites for hydroxylation is 2. The molecule has 6 nitrogen and oxygen atoms in total. The third-order valence-electron chi connectivity index (χ3n) is 4.39. The van der Waals surface area contributed by atoms with Crippen LogP contribution < -0.4 is 5.32 Å². The van der Waals surface area contributed by atoms with E-state index in [9.17, 15) is 4.79 Å². The van der Waals surface area contributed by atoms with Gasteiger partial charge in [0.25, 0.3) is 0 Å². The van der Waals surface area contributed by atoms with Crippen LogP contribution in [0.25, 0.3) is 0 Å². The lowest BCUT2D eigenvalue weighted by molar-refractivity contribution is -0.119. The monoisotopic (exact) mass is 371 g/mol. The van der Waals surface area contributed by atoms with Crippen molar-refractivity contribution in [2.75, 3.05) is 5.32 Å². The average Bonchev–Trinajstić information content (AvgIpc) is 3.15. The third kappa shape index (κ3) is 3.80. The summed E-state index contributed by atoms with van der Waals surface area (Å²) in [6.07, 6.45) is 1.81. The molecule has 0 fully saturated rings. The number of hydrogen-bond donors (Lipinski definition) is 1. The van der Waals surface area contributed by atoms with Gasteiger partial charge in [0.15, 0.2) is 0 Å². The van der Waals surface area contributed by atoms with Crippen LogP contribution in [0.5, 0.6) is 0 Å². The van der Waals surface area contributed by atoms with Gasteiger partial charge >= 0.3 is 0 Å². The molecule has 136 valence electrons. The molecule has 3 rings (SSSR count). The molecule has 0 saturated carbocycles. The van der Waals surface area contributed by atoms with E-state index in [-0.39, 0.29) is 5.91 Å². The van der Waals surface area contributed by atoms with Crippen LogP contribution in [0.1, 0.15) is 35.6 Å². The Labute approximate surface area is 157 Å². The number of carbonyl (C=O) groups excluding carboxylic acids is 1. The maximum Gasteiger partial charge on any atom is 0.249 e. The number of benzene rings is 1. The lowest BCUT2D eigenvalue weighted by atomic mass is 10.2. The lowest BCUT2D eigenvalue weighted by Gasteiger charge is -2.13. The van der Waals surface area contributed by atoms with Gasteiger partial charge in [0.05, 0.1) is 29.3 Å². The molecule has 0 spiro atoms. The maximum atomic E-state index is 12.6. The summed E-state index contributed by atoms with van der Waals surface area (Å²) in [5.41, 5.74) is 4.43. The van der Waals surface area contributed by atoms with Crippen molar-refractivity contribution >= 4 is 23.2 Å². The molecule has 0 aliphatic carbocycles. The minimum atomic E-state index is -0.401.